The molecule has 0 radical (unpaired) electrons. The number of piperazine rings is 1. The Hall–Kier alpha value is -2.56. The lowest BCUT2D eigenvalue weighted by Crippen LogP contribution is -2.47. The Morgan fingerprint density at radius 3 is 2.47 bits per heavy atom. The van der Waals surface area contributed by atoms with E-state index in [0.717, 1.165) is 44.8 Å². The Bertz CT molecular complexity index is 866. The number of benzene rings is 1. The number of carbonyl (C=O) groups excluding carboxylic acids is 1. The monoisotopic (exact) mass is 404 g/mol. The van der Waals surface area contributed by atoms with Crippen molar-refractivity contribution >= 4 is 17.4 Å². The van der Waals surface area contributed by atoms with Crippen LogP contribution in [0, 0.1) is 5.92 Å². The van der Waals surface area contributed by atoms with Crippen LogP contribution in [0.2, 0.25) is 0 Å². The summed E-state index contributed by atoms with van der Waals surface area (Å²) >= 11 is 0. The molecule has 1 N–H and O–H groups in total. The van der Waals surface area contributed by atoms with Crippen molar-refractivity contribution in [2.75, 3.05) is 36.0 Å². The number of pyridine rings is 1. The van der Waals surface area contributed by atoms with Crippen molar-refractivity contribution < 1.29 is 4.79 Å². The summed E-state index contributed by atoms with van der Waals surface area (Å²) in [6.07, 6.45) is 9.71. The number of hydrogen-bond acceptors (Lipinski definition) is 4. The molecule has 1 aromatic carbocycles. The van der Waals surface area contributed by atoms with Crippen LogP contribution in [0.1, 0.15) is 50.5 Å². The lowest BCUT2D eigenvalue weighted by Gasteiger charge is -2.37. The minimum Gasteiger partial charge on any atom is -0.368 e. The number of nitrogens with zero attached hydrogens (tertiary/aromatic N) is 3. The SMILES string of the molecule is O=C(CC1CCCC1)NC1(c2cccc(N3CCN(c4ccccn4)CC3)c2)CC1. The van der Waals surface area contributed by atoms with Crippen LogP contribution >= 0.6 is 0 Å². The second-order valence-corrected chi connectivity index (χ2v) is 9.20. The molecule has 1 aliphatic heterocycles. The number of carbonyl (C=O) groups is 1. The molecule has 3 fully saturated rings. The minimum absolute atomic E-state index is 0.124. The van der Waals surface area contributed by atoms with Gasteiger partial charge in [-0.3, -0.25) is 4.79 Å². The Labute approximate surface area is 179 Å². The number of nitrogens with one attached hydrogen (secondary N) is 1. The zero-order valence-electron chi connectivity index (χ0n) is 17.7. The first-order valence-electron chi connectivity index (χ1n) is 11.5. The van der Waals surface area contributed by atoms with E-state index in [1.54, 1.807) is 0 Å². The van der Waals surface area contributed by atoms with Gasteiger partial charge in [0.15, 0.2) is 0 Å². The fraction of sp³-hybridized carbons (Fsp3) is 0.520. The topological polar surface area (TPSA) is 48.5 Å². The van der Waals surface area contributed by atoms with Crippen LogP contribution in [0.3, 0.4) is 0 Å². The molecule has 1 aromatic heterocycles. The number of anilines is 2. The van der Waals surface area contributed by atoms with Gasteiger partial charge in [-0.25, -0.2) is 4.98 Å². The predicted molar refractivity (Wildman–Crippen MR) is 121 cm³/mol. The van der Waals surface area contributed by atoms with Gasteiger partial charge in [0.05, 0.1) is 5.54 Å². The largest absolute Gasteiger partial charge is 0.368 e. The normalized spacial score (nSPS) is 20.9. The van der Waals surface area contributed by atoms with Crippen LogP contribution in [-0.2, 0) is 10.3 Å². The quantitative estimate of drug-likeness (QED) is 0.788. The first-order chi connectivity index (χ1) is 14.7. The fourth-order valence-corrected chi connectivity index (χ4v) is 5.14. The van der Waals surface area contributed by atoms with E-state index in [-0.39, 0.29) is 11.4 Å². The van der Waals surface area contributed by atoms with Crippen LogP contribution in [0.5, 0.6) is 0 Å². The lowest BCUT2D eigenvalue weighted by molar-refractivity contribution is -0.123. The number of hydrogen-bond donors (Lipinski definition) is 1. The molecule has 5 rings (SSSR count). The minimum atomic E-state index is -0.124. The summed E-state index contributed by atoms with van der Waals surface area (Å²) in [5.74, 6) is 1.91. The average Bonchev–Trinajstić information content (AvgIpc) is 3.39. The second-order valence-electron chi connectivity index (χ2n) is 9.20. The van der Waals surface area contributed by atoms with Gasteiger partial charge in [-0.1, -0.05) is 31.0 Å². The molecule has 0 bridgehead atoms. The zero-order valence-corrected chi connectivity index (χ0v) is 17.7. The summed E-state index contributed by atoms with van der Waals surface area (Å²) in [4.78, 5) is 21.9. The molecule has 0 unspecified atom stereocenters. The molecule has 3 aliphatic rings. The van der Waals surface area contributed by atoms with Gasteiger partial charge in [0.2, 0.25) is 5.91 Å². The third-order valence-electron chi connectivity index (χ3n) is 7.09. The van der Waals surface area contributed by atoms with E-state index in [9.17, 15) is 4.79 Å². The maximum Gasteiger partial charge on any atom is 0.220 e. The first kappa shape index (κ1) is 19.4. The molecule has 0 atom stereocenters. The van der Waals surface area contributed by atoms with Crippen molar-refractivity contribution in [3.63, 3.8) is 0 Å². The standard InChI is InChI=1S/C25H32N4O/c30-24(18-20-6-1-2-7-20)27-25(11-12-25)21-8-5-9-22(19-21)28-14-16-29(17-15-28)23-10-3-4-13-26-23/h3-5,8-10,13,19-20H,1-2,6-7,11-12,14-18H2,(H,27,30). The summed E-state index contributed by atoms with van der Waals surface area (Å²) < 4.78 is 0. The van der Waals surface area contributed by atoms with Gasteiger partial charge in [0, 0.05) is 44.5 Å². The van der Waals surface area contributed by atoms with Crippen LogP contribution < -0.4 is 15.1 Å². The lowest BCUT2D eigenvalue weighted by atomic mass is 10.0. The van der Waals surface area contributed by atoms with Gasteiger partial charge in [0.25, 0.3) is 0 Å². The molecule has 30 heavy (non-hydrogen) atoms. The molecule has 1 amide bonds. The highest BCUT2D eigenvalue weighted by Gasteiger charge is 2.46. The van der Waals surface area contributed by atoms with Crippen LogP contribution in [0.25, 0.3) is 0 Å². The van der Waals surface area contributed by atoms with E-state index in [4.69, 9.17) is 0 Å². The summed E-state index contributed by atoms with van der Waals surface area (Å²) in [5, 5.41) is 3.40. The summed E-state index contributed by atoms with van der Waals surface area (Å²) in [5.41, 5.74) is 2.41. The van der Waals surface area contributed by atoms with Crippen LogP contribution in [-0.4, -0.2) is 37.1 Å². The third kappa shape index (κ3) is 4.16. The van der Waals surface area contributed by atoms with Crippen molar-refractivity contribution in [1.29, 1.82) is 0 Å². The molecule has 0 spiro atoms. The molecule has 2 heterocycles. The molecule has 1 saturated heterocycles. The Kier molecular flexibility index (Phi) is 5.36. The van der Waals surface area contributed by atoms with E-state index >= 15 is 0 Å². The highest BCUT2D eigenvalue weighted by Crippen LogP contribution is 2.46. The van der Waals surface area contributed by atoms with Gasteiger partial charge in [0.1, 0.15) is 5.82 Å². The van der Waals surface area contributed by atoms with E-state index in [1.807, 2.05) is 18.3 Å². The van der Waals surface area contributed by atoms with Gasteiger partial charge in [-0.2, -0.15) is 0 Å². The van der Waals surface area contributed by atoms with Crippen LogP contribution in [0.4, 0.5) is 11.5 Å². The van der Waals surface area contributed by atoms with Crippen molar-refractivity contribution in [3.8, 4) is 0 Å². The third-order valence-corrected chi connectivity index (χ3v) is 7.09. The molecule has 2 aliphatic carbocycles. The highest BCUT2D eigenvalue weighted by molar-refractivity contribution is 5.78. The van der Waals surface area contributed by atoms with Crippen molar-refractivity contribution in [1.82, 2.24) is 10.3 Å². The highest BCUT2D eigenvalue weighted by atomic mass is 16.1. The second kappa shape index (κ2) is 8.29. The van der Waals surface area contributed by atoms with Gasteiger partial charge in [-0.05, 0) is 61.4 Å². The van der Waals surface area contributed by atoms with E-state index in [0.29, 0.717) is 12.3 Å². The van der Waals surface area contributed by atoms with Gasteiger partial charge < -0.3 is 15.1 Å². The Balaban J connectivity index is 1.22. The number of aromatic nitrogens is 1. The van der Waals surface area contributed by atoms with E-state index in [1.165, 1.54) is 36.9 Å². The summed E-state index contributed by atoms with van der Waals surface area (Å²) in [6.45, 7) is 3.93. The fourth-order valence-electron chi connectivity index (χ4n) is 5.14. The van der Waals surface area contributed by atoms with Crippen molar-refractivity contribution in [2.24, 2.45) is 5.92 Å². The van der Waals surface area contributed by atoms with E-state index in [2.05, 4.69) is 50.4 Å². The van der Waals surface area contributed by atoms with Crippen LogP contribution in [0.15, 0.2) is 48.7 Å². The molecular weight excluding hydrogens is 372 g/mol. The van der Waals surface area contributed by atoms with Gasteiger partial charge in [-0.15, -0.1) is 0 Å². The first-order valence-corrected chi connectivity index (χ1v) is 11.5. The summed E-state index contributed by atoms with van der Waals surface area (Å²) in [6, 6.07) is 15.0. The molecule has 2 aromatic rings. The molecule has 158 valence electrons. The zero-order chi connectivity index (χ0) is 20.4. The smallest absolute Gasteiger partial charge is 0.220 e. The maximum absolute atomic E-state index is 12.7. The van der Waals surface area contributed by atoms with Crippen molar-refractivity contribution in [2.45, 2.75) is 50.5 Å². The molecule has 5 nitrogen and oxygen atoms in total. The Morgan fingerprint density at radius 1 is 1.00 bits per heavy atom. The number of amides is 1. The predicted octanol–water partition coefficient (Wildman–Crippen LogP) is 4.09. The summed E-state index contributed by atoms with van der Waals surface area (Å²) in [7, 11) is 0. The molecule has 2 saturated carbocycles. The van der Waals surface area contributed by atoms with Gasteiger partial charge >= 0.3 is 0 Å². The molecule has 5 heteroatoms. The molecular formula is C25H32N4O. The average molecular weight is 405 g/mol. The van der Waals surface area contributed by atoms with Crippen molar-refractivity contribution in [3.05, 3.63) is 54.2 Å². The number of rotatable bonds is 6. The van der Waals surface area contributed by atoms with E-state index < -0.39 is 0 Å². The maximum atomic E-state index is 12.7. The Morgan fingerprint density at radius 2 is 1.77 bits per heavy atom.